The first-order valence-electron chi connectivity index (χ1n) is 13.8. The quantitative estimate of drug-likeness (QED) is 0.236. The van der Waals surface area contributed by atoms with E-state index in [0.29, 0.717) is 24.1 Å². The molecule has 1 heterocycles. The number of aromatic nitrogens is 1. The summed E-state index contributed by atoms with van der Waals surface area (Å²) >= 11 is 0. The molecule has 1 aromatic heterocycles. The molecule has 0 spiro atoms. The summed E-state index contributed by atoms with van der Waals surface area (Å²) < 4.78 is 0. The lowest BCUT2D eigenvalue weighted by atomic mass is 9.99. The molecule has 3 aromatic carbocycles. The summed E-state index contributed by atoms with van der Waals surface area (Å²) in [5.41, 5.74) is 13.3. The summed E-state index contributed by atoms with van der Waals surface area (Å²) in [6.45, 7) is 5.93. The van der Waals surface area contributed by atoms with E-state index in [4.69, 9.17) is 5.73 Å². The van der Waals surface area contributed by atoms with Gasteiger partial charge in [-0.05, 0) is 68.2 Å². The molecule has 0 aliphatic rings. The van der Waals surface area contributed by atoms with Gasteiger partial charge in [0, 0.05) is 61.1 Å². The maximum Gasteiger partial charge on any atom is 0.254 e. The lowest BCUT2D eigenvalue weighted by Crippen LogP contribution is -2.51. The van der Waals surface area contributed by atoms with Gasteiger partial charge in [-0.25, -0.2) is 0 Å². The molecule has 0 radical (unpaired) electrons. The van der Waals surface area contributed by atoms with Crippen LogP contribution >= 0.6 is 0 Å². The van der Waals surface area contributed by atoms with Crippen molar-refractivity contribution in [3.05, 3.63) is 112 Å². The lowest BCUT2D eigenvalue weighted by Gasteiger charge is -2.29. The topological polar surface area (TPSA) is 104 Å². The van der Waals surface area contributed by atoms with Gasteiger partial charge < -0.3 is 20.9 Å². The van der Waals surface area contributed by atoms with Gasteiger partial charge in [0.05, 0.1) is 0 Å². The second-order valence-electron chi connectivity index (χ2n) is 10.7. The van der Waals surface area contributed by atoms with E-state index < -0.39 is 6.04 Å². The number of aryl methyl sites for hydroxylation is 2. The summed E-state index contributed by atoms with van der Waals surface area (Å²) in [5.74, 6) is -0.385. The molecule has 0 fully saturated rings. The van der Waals surface area contributed by atoms with Crippen molar-refractivity contribution in [2.24, 2.45) is 10.7 Å². The molecule has 4 N–H and O–H groups in total. The highest BCUT2D eigenvalue weighted by Crippen LogP contribution is 2.20. The number of amides is 2. The Morgan fingerprint density at radius 2 is 1.68 bits per heavy atom. The molecular formula is C34H39N5O2. The van der Waals surface area contributed by atoms with E-state index in [1.54, 1.807) is 31.3 Å². The lowest BCUT2D eigenvalue weighted by molar-refractivity contribution is -0.125. The molecule has 0 aliphatic heterocycles. The van der Waals surface area contributed by atoms with Crippen molar-refractivity contribution < 1.29 is 9.59 Å². The molecule has 2 unspecified atom stereocenters. The number of carbonyl (C=O) groups is 2. The zero-order valence-corrected chi connectivity index (χ0v) is 24.4. The molecule has 4 aromatic rings. The van der Waals surface area contributed by atoms with E-state index in [1.807, 2.05) is 87.6 Å². The fourth-order valence-electron chi connectivity index (χ4n) is 5.18. The minimum absolute atomic E-state index is 0.138. The van der Waals surface area contributed by atoms with Crippen molar-refractivity contribution in [3.8, 4) is 0 Å². The third kappa shape index (κ3) is 7.31. The number of para-hydroxylation sites is 1. The molecule has 2 amide bonds. The maximum absolute atomic E-state index is 13.8. The van der Waals surface area contributed by atoms with Gasteiger partial charge in [-0.2, -0.15) is 0 Å². The first kappa shape index (κ1) is 29.3. The van der Waals surface area contributed by atoms with E-state index in [1.165, 1.54) is 0 Å². The van der Waals surface area contributed by atoms with Crippen LogP contribution in [0.3, 0.4) is 0 Å². The minimum Gasteiger partial charge on any atom is -0.398 e. The van der Waals surface area contributed by atoms with Gasteiger partial charge >= 0.3 is 0 Å². The predicted molar refractivity (Wildman–Crippen MR) is 168 cm³/mol. The van der Waals surface area contributed by atoms with Crippen LogP contribution in [0.1, 0.15) is 45.1 Å². The van der Waals surface area contributed by atoms with Gasteiger partial charge in [-0.3, -0.25) is 14.6 Å². The Bertz CT molecular complexity index is 1560. The highest BCUT2D eigenvalue weighted by molar-refractivity contribution is 5.98. The Balaban J connectivity index is 1.57. The van der Waals surface area contributed by atoms with Crippen LogP contribution in [-0.2, 0) is 17.6 Å². The van der Waals surface area contributed by atoms with E-state index >= 15 is 0 Å². The fourth-order valence-corrected chi connectivity index (χ4v) is 5.18. The standard InChI is InChI=1S/C34H39N5O2/c1-22-16-23(2)18-27(17-22)34(41)39(5)32(20-25-10-12-26(13-11-25)30(35)14-15-36-4)33(40)38-24(3)19-28-21-37-31-9-7-6-8-29(28)31/h6-18,21,24,32,37H,19-20,35H2,1-5H3,(H,38,40). The largest absolute Gasteiger partial charge is 0.398 e. The zero-order valence-electron chi connectivity index (χ0n) is 24.4. The number of H-pyrrole nitrogens is 1. The maximum atomic E-state index is 13.8. The third-order valence-electron chi connectivity index (χ3n) is 7.27. The number of hydrogen-bond donors (Lipinski definition) is 3. The highest BCUT2D eigenvalue weighted by atomic mass is 16.2. The minimum atomic E-state index is -0.709. The number of hydrogen-bond acceptors (Lipinski definition) is 4. The monoisotopic (exact) mass is 549 g/mol. The molecule has 2 atom stereocenters. The van der Waals surface area contributed by atoms with Crippen LogP contribution in [0.2, 0.25) is 0 Å². The van der Waals surface area contributed by atoms with Gasteiger partial charge in [0.25, 0.3) is 5.91 Å². The molecule has 212 valence electrons. The Kier molecular flexibility index (Phi) is 9.40. The second kappa shape index (κ2) is 13.1. The number of nitrogens with zero attached hydrogens (tertiary/aromatic N) is 2. The van der Waals surface area contributed by atoms with Crippen molar-refractivity contribution in [1.82, 2.24) is 15.2 Å². The molecule has 0 saturated carbocycles. The molecule has 7 heteroatoms. The van der Waals surface area contributed by atoms with Crippen molar-refractivity contribution in [3.63, 3.8) is 0 Å². The molecule has 7 nitrogen and oxygen atoms in total. The number of aromatic amines is 1. The van der Waals surface area contributed by atoms with Crippen LogP contribution in [-0.4, -0.2) is 54.1 Å². The smallest absolute Gasteiger partial charge is 0.254 e. The summed E-state index contributed by atoms with van der Waals surface area (Å²) in [7, 11) is 3.39. The predicted octanol–water partition coefficient (Wildman–Crippen LogP) is 5.22. The van der Waals surface area contributed by atoms with Gasteiger partial charge in [0.15, 0.2) is 0 Å². The van der Waals surface area contributed by atoms with Crippen LogP contribution in [0.15, 0.2) is 84.0 Å². The van der Waals surface area contributed by atoms with Crippen LogP contribution in [0.5, 0.6) is 0 Å². The Hall–Kier alpha value is -4.65. The van der Waals surface area contributed by atoms with Crippen molar-refractivity contribution in [1.29, 1.82) is 0 Å². The van der Waals surface area contributed by atoms with Gasteiger partial charge in [0.2, 0.25) is 5.91 Å². The SMILES string of the molecule is CN=CC=C(N)c1ccc(CC(C(=O)NC(C)Cc2c[nH]c3ccccc23)N(C)C(=O)c2cc(C)cc(C)c2)cc1. The molecule has 0 saturated heterocycles. The number of likely N-dealkylation sites (N-methyl/N-ethyl adjacent to an activating group) is 1. The summed E-state index contributed by atoms with van der Waals surface area (Å²) in [4.78, 5) is 36.2. The average molecular weight is 550 g/mol. The zero-order chi connectivity index (χ0) is 29.5. The summed E-state index contributed by atoms with van der Waals surface area (Å²) in [5, 5.41) is 4.32. The summed E-state index contributed by atoms with van der Waals surface area (Å²) in [6, 6.07) is 20.8. The summed E-state index contributed by atoms with van der Waals surface area (Å²) in [6.07, 6.45) is 6.41. The van der Waals surface area contributed by atoms with Crippen LogP contribution in [0.4, 0.5) is 0 Å². The normalized spacial score (nSPS) is 13.3. The number of rotatable bonds is 10. The Labute approximate surface area is 242 Å². The Morgan fingerprint density at radius 3 is 2.37 bits per heavy atom. The van der Waals surface area contributed by atoms with Gasteiger partial charge in [-0.15, -0.1) is 0 Å². The first-order chi connectivity index (χ1) is 19.7. The van der Waals surface area contributed by atoms with Gasteiger partial charge in [-0.1, -0.05) is 59.7 Å². The number of allylic oxidation sites excluding steroid dienone is 1. The number of carbonyl (C=O) groups excluding carboxylic acids is 2. The van der Waals surface area contributed by atoms with E-state index in [0.717, 1.165) is 38.7 Å². The number of benzene rings is 3. The molecule has 0 aliphatic carbocycles. The highest BCUT2D eigenvalue weighted by Gasteiger charge is 2.29. The average Bonchev–Trinajstić information content (AvgIpc) is 3.36. The fraction of sp³-hybridized carbons (Fsp3) is 0.265. The Morgan fingerprint density at radius 1 is 1.00 bits per heavy atom. The van der Waals surface area contributed by atoms with E-state index in [2.05, 4.69) is 21.4 Å². The van der Waals surface area contributed by atoms with Crippen LogP contribution < -0.4 is 11.1 Å². The number of fused-ring (bicyclic) bond motifs is 1. The molecule has 4 rings (SSSR count). The van der Waals surface area contributed by atoms with Crippen molar-refractivity contribution >= 4 is 34.6 Å². The van der Waals surface area contributed by atoms with Crippen LogP contribution in [0, 0.1) is 13.8 Å². The van der Waals surface area contributed by atoms with Crippen molar-refractivity contribution in [2.75, 3.05) is 14.1 Å². The number of aliphatic imine (C=N–C) groups is 1. The van der Waals surface area contributed by atoms with Crippen LogP contribution in [0.25, 0.3) is 16.6 Å². The van der Waals surface area contributed by atoms with Gasteiger partial charge in [0.1, 0.15) is 6.04 Å². The number of nitrogens with one attached hydrogen (secondary N) is 2. The molecule has 41 heavy (non-hydrogen) atoms. The first-order valence-corrected chi connectivity index (χ1v) is 13.8. The second-order valence-corrected chi connectivity index (χ2v) is 10.7. The van der Waals surface area contributed by atoms with E-state index in [9.17, 15) is 9.59 Å². The van der Waals surface area contributed by atoms with E-state index in [-0.39, 0.29) is 17.9 Å². The van der Waals surface area contributed by atoms with Crippen molar-refractivity contribution in [2.45, 2.75) is 45.7 Å². The third-order valence-corrected chi connectivity index (χ3v) is 7.27. The molecule has 0 bridgehead atoms. The molecular weight excluding hydrogens is 510 g/mol. The number of nitrogens with two attached hydrogens (primary N) is 1.